The summed E-state index contributed by atoms with van der Waals surface area (Å²) in [7, 11) is 16.1. The molecule has 0 atom stereocenters. The highest BCUT2D eigenvalue weighted by Crippen LogP contribution is 2.39. The number of fused-ring (bicyclic) bond motifs is 8. The standard InChI is InChI=1S/C40H52N4O4/c1-41(2)21-25-9-29-17-31-11-26(22-42(3)4)13-33(38(31)46)19-35-15-28(24-44(7)8)16-36(40(35)48)20-34-14-27(23-43(5)6)12-32(39(34)47)18-30(10-25)37(29)45/h9-16,45-48H,17-24H2,1-8H3. The van der Waals surface area contributed by atoms with Crippen molar-refractivity contribution < 1.29 is 20.4 Å². The number of aromatic hydroxyl groups is 4. The second-order valence-corrected chi connectivity index (χ2v) is 14.7. The van der Waals surface area contributed by atoms with Gasteiger partial charge in [-0.05, 0) is 123 Å². The molecule has 0 saturated carbocycles. The fourth-order valence-electron chi connectivity index (χ4n) is 7.05. The fraction of sp³-hybridized carbons (Fsp3) is 0.400. The minimum Gasteiger partial charge on any atom is -0.507 e. The van der Waals surface area contributed by atoms with Gasteiger partial charge in [-0.15, -0.1) is 0 Å². The molecule has 0 aliphatic heterocycles. The van der Waals surface area contributed by atoms with E-state index < -0.39 is 0 Å². The van der Waals surface area contributed by atoms with Crippen molar-refractivity contribution in [2.24, 2.45) is 0 Å². The van der Waals surface area contributed by atoms with Crippen LogP contribution in [0.3, 0.4) is 0 Å². The summed E-state index contributed by atoms with van der Waals surface area (Å²) >= 11 is 0. The Bertz CT molecular complexity index is 1440. The molecule has 4 N–H and O–H groups in total. The van der Waals surface area contributed by atoms with E-state index in [0.717, 1.165) is 66.8 Å². The number of nitrogens with zero attached hydrogens (tertiary/aromatic N) is 4. The summed E-state index contributed by atoms with van der Waals surface area (Å²) in [6.45, 7) is 2.72. The van der Waals surface area contributed by atoms with Gasteiger partial charge in [0.25, 0.3) is 0 Å². The summed E-state index contributed by atoms with van der Waals surface area (Å²) in [5.74, 6) is 0.717. The van der Waals surface area contributed by atoms with Gasteiger partial charge in [0, 0.05) is 51.9 Å². The van der Waals surface area contributed by atoms with E-state index in [-0.39, 0.29) is 23.0 Å². The zero-order valence-corrected chi connectivity index (χ0v) is 29.9. The molecule has 0 fully saturated rings. The first-order valence-electron chi connectivity index (χ1n) is 16.6. The predicted octanol–water partition coefficient (Wildman–Crippen LogP) is 5.43. The molecule has 8 nitrogen and oxygen atoms in total. The molecule has 4 aromatic carbocycles. The van der Waals surface area contributed by atoms with Gasteiger partial charge in [0.05, 0.1) is 0 Å². The first-order chi connectivity index (χ1) is 22.7. The molecule has 4 aromatic rings. The molecule has 1 aliphatic carbocycles. The maximum atomic E-state index is 11.8. The second kappa shape index (κ2) is 14.6. The minimum atomic E-state index is 0.179. The van der Waals surface area contributed by atoms with Gasteiger partial charge in [0.2, 0.25) is 0 Å². The van der Waals surface area contributed by atoms with Crippen LogP contribution in [0.1, 0.15) is 66.8 Å². The molecule has 48 heavy (non-hydrogen) atoms. The molecule has 0 aromatic heterocycles. The SMILES string of the molecule is CN(C)Cc1cc2c(O)c(c1)Cc1cc(CN(C)C)cc(c1O)Cc1cc(CN(C)C)cc(c1O)Cc1cc(CN(C)C)cc(c1O)C2. The van der Waals surface area contributed by atoms with E-state index in [4.69, 9.17) is 0 Å². The Hall–Kier alpha value is -4.08. The summed E-state index contributed by atoms with van der Waals surface area (Å²) in [5, 5.41) is 47.2. The number of benzene rings is 4. The lowest BCUT2D eigenvalue weighted by atomic mass is 9.88. The topological polar surface area (TPSA) is 93.9 Å². The minimum absolute atomic E-state index is 0.179. The number of hydrogen-bond donors (Lipinski definition) is 4. The Kier molecular flexibility index (Phi) is 10.7. The number of hydrogen-bond acceptors (Lipinski definition) is 8. The maximum absolute atomic E-state index is 11.8. The van der Waals surface area contributed by atoms with Crippen LogP contribution in [0.2, 0.25) is 0 Å². The van der Waals surface area contributed by atoms with Crippen molar-refractivity contribution in [2.45, 2.75) is 51.9 Å². The molecule has 0 saturated heterocycles. The highest BCUT2D eigenvalue weighted by Gasteiger charge is 2.22. The van der Waals surface area contributed by atoms with Crippen LogP contribution < -0.4 is 0 Å². The van der Waals surface area contributed by atoms with Crippen LogP contribution in [-0.4, -0.2) is 96.4 Å². The van der Waals surface area contributed by atoms with Crippen LogP contribution in [0, 0.1) is 0 Å². The Labute approximate surface area is 286 Å². The summed E-state index contributed by atoms with van der Waals surface area (Å²) in [4.78, 5) is 8.38. The average molecular weight is 653 g/mol. The number of phenols is 4. The zero-order valence-electron chi connectivity index (χ0n) is 29.9. The van der Waals surface area contributed by atoms with E-state index in [2.05, 4.69) is 19.6 Å². The van der Waals surface area contributed by atoms with Crippen molar-refractivity contribution in [2.75, 3.05) is 56.4 Å². The third-order valence-electron chi connectivity index (χ3n) is 8.83. The van der Waals surface area contributed by atoms with Gasteiger partial charge in [0.15, 0.2) is 0 Å². The lowest BCUT2D eigenvalue weighted by Crippen LogP contribution is -2.13. The molecule has 0 heterocycles. The van der Waals surface area contributed by atoms with Crippen molar-refractivity contribution >= 4 is 0 Å². The molecule has 5 rings (SSSR count). The lowest BCUT2D eigenvalue weighted by molar-refractivity contribution is 0.399. The smallest absolute Gasteiger partial charge is 0.122 e. The van der Waals surface area contributed by atoms with Crippen molar-refractivity contribution in [1.82, 2.24) is 19.6 Å². The summed E-state index contributed by atoms with van der Waals surface area (Å²) in [6, 6.07) is 16.2. The Morgan fingerprint density at radius 2 is 0.479 bits per heavy atom. The molecular formula is C40H52N4O4. The molecule has 0 amide bonds. The third-order valence-corrected chi connectivity index (χ3v) is 8.83. The quantitative estimate of drug-likeness (QED) is 0.176. The zero-order chi connectivity index (χ0) is 34.9. The average Bonchev–Trinajstić information content (AvgIpc) is 2.96. The van der Waals surface area contributed by atoms with Crippen LogP contribution >= 0.6 is 0 Å². The van der Waals surface area contributed by atoms with E-state index in [9.17, 15) is 20.4 Å². The normalized spacial score (nSPS) is 13.2. The molecule has 256 valence electrons. The van der Waals surface area contributed by atoms with Gasteiger partial charge < -0.3 is 40.0 Å². The molecule has 8 bridgehead atoms. The molecule has 0 unspecified atom stereocenters. The second-order valence-electron chi connectivity index (χ2n) is 14.7. The molecule has 1 aliphatic rings. The van der Waals surface area contributed by atoms with E-state index in [1.54, 1.807) is 0 Å². The van der Waals surface area contributed by atoms with Gasteiger partial charge >= 0.3 is 0 Å². The lowest BCUT2D eigenvalue weighted by Gasteiger charge is -2.22. The summed E-state index contributed by atoms with van der Waals surface area (Å²) < 4.78 is 0. The highest BCUT2D eigenvalue weighted by molar-refractivity contribution is 5.57. The van der Waals surface area contributed by atoms with E-state index in [1.807, 2.05) is 105 Å². The maximum Gasteiger partial charge on any atom is 0.122 e. The molecule has 0 spiro atoms. The molecular weight excluding hydrogens is 600 g/mol. The van der Waals surface area contributed by atoms with Crippen molar-refractivity contribution in [1.29, 1.82) is 0 Å². The van der Waals surface area contributed by atoms with Crippen molar-refractivity contribution in [3.05, 3.63) is 115 Å². The van der Waals surface area contributed by atoms with Gasteiger partial charge in [-0.2, -0.15) is 0 Å². The first-order valence-corrected chi connectivity index (χ1v) is 16.6. The van der Waals surface area contributed by atoms with Crippen molar-refractivity contribution in [3.8, 4) is 23.0 Å². The number of phenolic OH excluding ortho intramolecular Hbond substituents is 4. The third kappa shape index (κ3) is 8.31. The van der Waals surface area contributed by atoms with Crippen LogP contribution in [-0.2, 0) is 51.9 Å². The first kappa shape index (κ1) is 35.2. The van der Waals surface area contributed by atoms with E-state index in [1.165, 1.54) is 0 Å². The predicted molar refractivity (Wildman–Crippen MR) is 193 cm³/mol. The Morgan fingerprint density at radius 1 is 0.333 bits per heavy atom. The Morgan fingerprint density at radius 3 is 0.604 bits per heavy atom. The number of rotatable bonds is 8. The fourth-order valence-corrected chi connectivity index (χ4v) is 7.05. The van der Waals surface area contributed by atoms with Gasteiger partial charge in [-0.25, -0.2) is 0 Å². The highest BCUT2D eigenvalue weighted by atomic mass is 16.3. The van der Waals surface area contributed by atoms with Crippen LogP contribution in [0.5, 0.6) is 23.0 Å². The van der Waals surface area contributed by atoms with Crippen LogP contribution in [0.25, 0.3) is 0 Å². The molecule has 8 heteroatoms. The molecule has 0 radical (unpaired) electrons. The van der Waals surface area contributed by atoms with E-state index in [0.29, 0.717) is 51.9 Å². The van der Waals surface area contributed by atoms with Crippen LogP contribution in [0.15, 0.2) is 48.5 Å². The Balaban J connectivity index is 1.80. The van der Waals surface area contributed by atoms with Gasteiger partial charge in [-0.1, -0.05) is 48.5 Å². The monoisotopic (exact) mass is 652 g/mol. The van der Waals surface area contributed by atoms with Gasteiger partial charge in [0.1, 0.15) is 23.0 Å². The summed E-state index contributed by atoms with van der Waals surface area (Å²) in [6.07, 6.45) is 1.32. The largest absolute Gasteiger partial charge is 0.507 e. The van der Waals surface area contributed by atoms with Crippen molar-refractivity contribution in [3.63, 3.8) is 0 Å². The van der Waals surface area contributed by atoms with E-state index >= 15 is 0 Å². The summed E-state index contributed by atoms with van der Waals surface area (Å²) in [5.41, 5.74) is 9.98. The van der Waals surface area contributed by atoms with Gasteiger partial charge in [-0.3, -0.25) is 0 Å². The van der Waals surface area contributed by atoms with Crippen LogP contribution in [0.4, 0.5) is 0 Å².